The molecule has 3 aromatic rings. The first-order chi connectivity index (χ1) is 15.4. The molecule has 0 saturated carbocycles. The Balaban J connectivity index is 1.87. The van der Waals surface area contributed by atoms with Crippen LogP contribution in [0.2, 0.25) is 0 Å². The summed E-state index contributed by atoms with van der Waals surface area (Å²) in [5, 5.41) is 2.96. The molecule has 5 heteroatoms. The van der Waals surface area contributed by atoms with Gasteiger partial charge in [0.2, 0.25) is 0 Å². The third-order valence-electron chi connectivity index (χ3n) is 6.28. The molecule has 166 valence electrons. The average Bonchev–Trinajstić information content (AvgIpc) is 3.21. The molecule has 2 aromatic carbocycles. The van der Waals surface area contributed by atoms with E-state index in [1.54, 1.807) is 11.3 Å². The Kier molecular flexibility index (Phi) is 6.47. The molecule has 1 unspecified atom stereocenters. The summed E-state index contributed by atoms with van der Waals surface area (Å²) < 4.78 is 6.45. The molecular weight excluding hydrogens is 418 g/mol. The first kappa shape index (κ1) is 22.3. The minimum absolute atomic E-state index is 0.0124. The molecule has 0 N–H and O–H groups in total. The molecule has 1 aromatic heterocycles. The molecule has 0 fully saturated rings. The minimum atomic E-state index is -0.265. The summed E-state index contributed by atoms with van der Waals surface area (Å²) in [6.45, 7) is 8.96. The van der Waals surface area contributed by atoms with E-state index in [2.05, 4.69) is 39.0 Å². The van der Waals surface area contributed by atoms with Gasteiger partial charge in [-0.25, -0.2) is 4.79 Å². The molecule has 32 heavy (non-hydrogen) atoms. The number of carbonyl (C=O) groups is 2. The summed E-state index contributed by atoms with van der Waals surface area (Å²) in [5.74, 6) is -0.0913. The average molecular weight is 448 g/mol. The van der Waals surface area contributed by atoms with Crippen LogP contribution >= 0.6 is 11.3 Å². The van der Waals surface area contributed by atoms with Gasteiger partial charge in [0.05, 0.1) is 17.9 Å². The summed E-state index contributed by atoms with van der Waals surface area (Å²) >= 11 is 1.60. The van der Waals surface area contributed by atoms with E-state index in [-0.39, 0.29) is 17.8 Å². The Morgan fingerprint density at radius 1 is 1.12 bits per heavy atom. The van der Waals surface area contributed by atoms with E-state index in [9.17, 15) is 9.59 Å². The lowest BCUT2D eigenvalue weighted by molar-refractivity contribution is -0.138. The number of fused-ring (bicyclic) bond motifs is 2. The van der Waals surface area contributed by atoms with Crippen LogP contribution in [-0.2, 0) is 9.53 Å². The molecule has 1 aliphatic heterocycles. The van der Waals surface area contributed by atoms with Gasteiger partial charge in [0.1, 0.15) is 0 Å². The third-order valence-corrected chi connectivity index (χ3v) is 7.25. The van der Waals surface area contributed by atoms with E-state index in [1.807, 2.05) is 41.5 Å². The summed E-state index contributed by atoms with van der Waals surface area (Å²) in [4.78, 5) is 28.5. The molecule has 0 radical (unpaired) electrons. The molecule has 0 aliphatic carbocycles. The minimum Gasteiger partial charge on any atom is -0.463 e. The van der Waals surface area contributed by atoms with Gasteiger partial charge in [-0.3, -0.25) is 4.79 Å². The van der Waals surface area contributed by atoms with Gasteiger partial charge in [0.15, 0.2) is 0 Å². The van der Waals surface area contributed by atoms with Crippen LogP contribution in [-0.4, -0.2) is 25.0 Å². The van der Waals surface area contributed by atoms with Crippen molar-refractivity contribution >= 4 is 45.1 Å². The van der Waals surface area contributed by atoms with Crippen molar-refractivity contribution in [3.8, 4) is 0 Å². The van der Waals surface area contributed by atoms with Crippen molar-refractivity contribution in [3.63, 3.8) is 0 Å². The molecule has 4 nitrogen and oxygen atoms in total. The predicted octanol–water partition coefficient (Wildman–Crippen LogP) is 6.54. The second-order valence-electron chi connectivity index (χ2n) is 8.43. The number of hydrogen-bond acceptors (Lipinski definition) is 4. The van der Waals surface area contributed by atoms with E-state index < -0.39 is 0 Å². The van der Waals surface area contributed by atoms with Crippen LogP contribution in [0, 0.1) is 19.8 Å². The third kappa shape index (κ3) is 4.22. The predicted molar refractivity (Wildman–Crippen MR) is 132 cm³/mol. The molecule has 1 amide bonds. The highest BCUT2D eigenvalue weighted by molar-refractivity contribution is 7.17. The molecule has 2 heterocycles. The summed E-state index contributed by atoms with van der Waals surface area (Å²) in [7, 11) is 0. The zero-order chi connectivity index (χ0) is 22.8. The quantitative estimate of drug-likeness (QED) is 0.427. The lowest BCUT2D eigenvalue weighted by Gasteiger charge is -2.31. The first-order valence-electron chi connectivity index (χ1n) is 11.2. The first-order valence-corrected chi connectivity index (χ1v) is 12.1. The van der Waals surface area contributed by atoms with E-state index in [4.69, 9.17) is 4.74 Å². The molecule has 0 bridgehead atoms. The highest BCUT2D eigenvalue weighted by Crippen LogP contribution is 2.35. The van der Waals surface area contributed by atoms with Crippen molar-refractivity contribution in [3.05, 3.63) is 69.6 Å². The fraction of sp³-hybridized carbons (Fsp3) is 0.333. The van der Waals surface area contributed by atoms with E-state index in [0.29, 0.717) is 25.1 Å². The number of ether oxygens (including phenoxy) is 1. The Labute approximate surface area is 193 Å². The van der Waals surface area contributed by atoms with Gasteiger partial charge < -0.3 is 9.64 Å². The number of amides is 1. The number of rotatable bonds is 4. The van der Waals surface area contributed by atoms with E-state index >= 15 is 0 Å². The zero-order valence-electron chi connectivity index (χ0n) is 19.1. The van der Waals surface area contributed by atoms with Gasteiger partial charge in [0.25, 0.3) is 5.91 Å². The second-order valence-corrected chi connectivity index (χ2v) is 9.34. The van der Waals surface area contributed by atoms with Gasteiger partial charge in [0, 0.05) is 27.6 Å². The monoisotopic (exact) mass is 447 g/mol. The SMILES string of the molecule is CCOC(=O)/C1=C\c2cc(C)c(C)cc2N(C(=O)c2csc3ccccc23)CC(CC)C1. The van der Waals surface area contributed by atoms with Crippen molar-refractivity contribution in [1.29, 1.82) is 0 Å². The van der Waals surface area contributed by atoms with Crippen LogP contribution in [0.25, 0.3) is 16.2 Å². The van der Waals surface area contributed by atoms with Gasteiger partial charge in [-0.15, -0.1) is 11.3 Å². The number of carbonyl (C=O) groups excluding carboxylic acids is 2. The van der Waals surface area contributed by atoms with Crippen LogP contribution in [0.5, 0.6) is 0 Å². The van der Waals surface area contributed by atoms with Crippen molar-refractivity contribution in [2.45, 2.75) is 40.5 Å². The van der Waals surface area contributed by atoms with Gasteiger partial charge >= 0.3 is 5.97 Å². The van der Waals surface area contributed by atoms with E-state index in [1.165, 1.54) is 0 Å². The Morgan fingerprint density at radius 2 is 1.88 bits per heavy atom. The largest absolute Gasteiger partial charge is 0.463 e. The van der Waals surface area contributed by atoms with Crippen molar-refractivity contribution in [2.24, 2.45) is 5.92 Å². The molecular formula is C27H29NO3S. The maximum Gasteiger partial charge on any atom is 0.334 e. The Bertz CT molecular complexity index is 1210. The fourth-order valence-corrected chi connectivity index (χ4v) is 5.21. The zero-order valence-corrected chi connectivity index (χ0v) is 19.9. The lowest BCUT2D eigenvalue weighted by atomic mass is 9.90. The number of esters is 1. The lowest BCUT2D eigenvalue weighted by Crippen LogP contribution is -2.37. The smallest absolute Gasteiger partial charge is 0.334 e. The maximum atomic E-state index is 13.9. The number of benzene rings is 2. The van der Waals surface area contributed by atoms with Gasteiger partial charge in [-0.2, -0.15) is 0 Å². The molecule has 4 rings (SSSR count). The van der Waals surface area contributed by atoms with Gasteiger partial charge in [-0.05, 0) is 74.1 Å². The number of aryl methyl sites for hydroxylation is 2. The van der Waals surface area contributed by atoms with Crippen molar-refractivity contribution in [2.75, 3.05) is 18.1 Å². The van der Waals surface area contributed by atoms with E-state index in [0.717, 1.165) is 44.4 Å². The second kappa shape index (κ2) is 9.29. The van der Waals surface area contributed by atoms with Gasteiger partial charge in [-0.1, -0.05) is 31.5 Å². The van der Waals surface area contributed by atoms with Crippen LogP contribution < -0.4 is 4.90 Å². The molecule has 1 atom stereocenters. The van der Waals surface area contributed by atoms with Crippen LogP contribution in [0.1, 0.15) is 53.7 Å². The summed E-state index contributed by atoms with van der Waals surface area (Å²) in [6.07, 6.45) is 3.38. The maximum absolute atomic E-state index is 13.9. The number of thiophene rings is 1. The summed E-state index contributed by atoms with van der Waals surface area (Å²) in [5.41, 5.74) is 5.41. The number of nitrogens with zero attached hydrogens (tertiary/aromatic N) is 1. The highest BCUT2D eigenvalue weighted by atomic mass is 32.1. The van der Waals surface area contributed by atoms with Crippen LogP contribution in [0.4, 0.5) is 5.69 Å². The topological polar surface area (TPSA) is 46.6 Å². The van der Waals surface area contributed by atoms with Crippen molar-refractivity contribution in [1.82, 2.24) is 0 Å². The molecule has 0 saturated heterocycles. The molecule has 0 spiro atoms. The number of anilines is 1. The fourth-order valence-electron chi connectivity index (χ4n) is 4.27. The standard InChI is InChI=1S/C27H29NO3S/c1-5-19-13-21(27(30)31-6-2)14-20-11-17(3)18(4)12-24(20)28(15-19)26(29)23-16-32-25-10-8-7-9-22(23)25/h7-12,14,16,19H,5-6,13,15H2,1-4H3/b21-14-. The van der Waals surface area contributed by atoms with Crippen LogP contribution in [0.15, 0.2) is 47.4 Å². The molecule has 1 aliphatic rings. The Hall–Kier alpha value is -2.92. The van der Waals surface area contributed by atoms with Crippen molar-refractivity contribution < 1.29 is 14.3 Å². The summed E-state index contributed by atoms with van der Waals surface area (Å²) in [6, 6.07) is 12.2. The normalized spacial score (nSPS) is 17.8. The highest BCUT2D eigenvalue weighted by Gasteiger charge is 2.29. The number of hydrogen-bond donors (Lipinski definition) is 0. The Morgan fingerprint density at radius 3 is 2.62 bits per heavy atom. The van der Waals surface area contributed by atoms with Crippen LogP contribution in [0.3, 0.4) is 0 Å².